The van der Waals surface area contributed by atoms with E-state index >= 15 is 0 Å². The number of aromatic nitrogens is 2. The summed E-state index contributed by atoms with van der Waals surface area (Å²) in [4.78, 5) is 0. The molecule has 1 aliphatic rings. The van der Waals surface area contributed by atoms with E-state index in [2.05, 4.69) is 71.7 Å². The Balaban J connectivity index is 1.25. The van der Waals surface area contributed by atoms with Crippen molar-refractivity contribution in [1.82, 2.24) is 10.2 Å². The molecule has 0 aliphatic carbocycles. The van der Waals surface area contributed by atoms with Crippen molar-refractivity contribution >= 4 is 11.6 Å². The molecule has 2 heterocycles. The van der Waals surface area contributed by atoms with Crippen molar-refractivity contribution in [2.24, 2.45) is 0 Å². The van der Waals surface area contributed by atoms with Gasteiger partial charge < -0.3 is 23.7 Å². The Morgan fingerprint density at radius 3 is 1.56 bits per heavy atom. The minimum Gasteiger partial charge on any atom is -0.374 e. The predicted molar refractivity (Wildman–Crippen MR) is 214 cm³/mol. The molecule has 0 bridgehead atoms. The van der Waals surface area contributed by atoms with Gasteiger partial charge in [0.1, 0.15) is 30.5 Å². The lowest BCUT2D eigenvalue weighted by Crippen LogP contribution is -2.58. The van der Waals surface area contributed by atoms with Gasteiger partial charge in [-0.2, -0.15) is 10.2 Å². The fraction of sp³-hybridized carbons (Fsp3) is 0.277. The number of halogens is 1. The smallest absolute Gasteiger partial charge is 0.117 e. The predicted octanol–water partition coefficient (Wildman–Crippen LogP) is 9.70. The highest BCUT2D eigenvalue weighted by Gasteiger charge is 2.49. The lowest BCUT2D eigenvalue weighted by Gasteiger charge is -2.46. The molecule has 0 amide bonds. The number of ether oxygens (including phenoxy) is 5. The summed E-state index contributed by atoms with van der Waals surface area (Å²) in [6, 6.07) is 50.7. The lowest BCUT2D eigenvalue weighted by atomic mass is 9.89. The zero-order chi connectivity index (χ0) is 37.7. The average molecular weight is 755 g/mol. The van der Waals surface area contributed by atoms with Gasteiger partial charge in [-0.1, -0.05) is 152 Å². The highest BCUT2D eigenvalue weighted by molar-refractivity contribution is 6.31. The van der Waals surface area contributed by atoms with E-state index in [-0.39, 0.29) is 6.61 Å². The van der Waals surface area contributed by atoms with Crippen molar-refractivity contribution in [3.63, 3.8) is 0 Å². The largest absolute Gasteiger partial charge is 0.374 e. The molecule has 5 aromatic carbocycles. The molecule has 0 saturated carbocycles. The Hall–Kier alpha value is -4.73. The first-order chi connectivity index (χ1) is 27.1. The molecule has 7 rings (SSSR count). The molecule has 8 heteroatoms. The fourth-order valence-corrected chi connectivity index (χ4v) is 7.01. The van der Waals surface area contributed by atoms with Gasteiger partial charge in [0.05, 0.1) is 44.4 Å². The molecule has 7 nitrogen and oxygen atoms in total. The van der Waals surface area contributed by atoms with Crippen LogP contribution in [0.2, 0.25) is 5.02 Å². The molecule has 6 aromatic rings. The maximum absolute atomic E-state index is 7.14. The second-order valence-corrected chi connectivity index (χ2v) is 14.2. The summed E-state index contributed by atoms with van der Waals surface area (Å²) in [7, 11) is 0. The summed E-state index contributed by atoms with van der Waals surface area (Å²) >= 11 is 6.86. The van der Waals surface area contributed by atoms with E-state index in [1.807, 2.05) is 97.1 Å². The monoisotopic (exact) mass is 754 g/mol. The van der Waals surface area contributed by atoms with Crippen LogP contribution in [0, 0.1) is 0 Å². The molecule has 1 fully saturated rings. The third-order valence-electron chi connectivity index (χ3n) is 9.79. The number of hydrogen-bond donors (Lipinski definition) is 0. The summed E-state index contributed by atoms with van der Waals surface area (Å²) in [6.07, 6.45) is -1.33. The summed E-state index contributed by atoms with van der Waals surface area (Å²) < 4.78 is 34.3. The maximum atomic E-state index is 7.14. The van der Waals surface area contributed by atoms with Gasteiger partial charge in [0.25, 0.3) is 0 Å². The highest BCUT2D eigenvalue weighted by Crippen LogP contribution is 2.40. The molecule has 0 unspecified atom stereocenters. The van der Waals surface area contributed by atoms with Crippen LogP contribution in [0.5, 0.6) is 0 Å². The van der Waals surface area contributed by atoms with Gasteiger partial charge in [-0.25, -0.2) is 0 Å². The minimum atomic E-state index is -0.562. The number of benzene rings is 5. The van der Waals surface area contributed by atoms with E-state index < -0.39 is 30.5 Å². The molecular weight excluding hydrogens is 708 g/mol. The van der Waals surface area contributed by atoms with Crippen molar-refractivity contribution in [2.45, 2.75) is 76.7 Å². The first kappa shape index (κ1) is 38.5. The van der Waals surface area contributed by atoms with Crippen molar-refractivity contribution in [2.75, 3.05) is 6.61 Å². The number of rotatable bonds is 17. The Kier molecular flexibility index (Phi) is 13.8. The number of aryl methyl sites for hydroxylation is 1. The molecule has 1 saturated heterocycles. The van der Waals surface area contributed by atoms with Crippen molar-refractivity contribution in [3.8, 4) is 0 Å². The third-order valence-corrected chi connectivity index (χ3v) is 10.2. The van der Waals surface area contributed by atoms with E-state index in [0.717, 1.165) is 51.2 Å². The molecule has 1 aromatic heterocycles. The fourth-order valence-electron chi connectivity index (χ4n) is 6.83. The van der Waals surface area contributed by atoms with Crippen LogP contribution in [0.15, 0.2) is 152 Å². The maximum Gasteiger partial charge on any atom is 0.117 e. The van der Waals surface area contributed by atoms with Crippen molar-refractivity contribution in [1.29, 1.82) is 0 Å². The molecular formula is C47H47ClN2O5. The van der Waals surface area contributed by atoms with Crippen LogP contribution in [0.4, 0.5) is 0 Å². The van der Waals surface area contributed by atoms with Crippen LogP contribution in [0.1, 0.15) is 57.8 Å². The van der Waals surface area contributed by atoms with E-state index in [1.165, 1.54) is 0 Å². The van der Waals surface area contributed by atoms with Crippen LogP contribution >= 0.6 is 11.6 Å². The highest BCUT2D eigenvalue weighted by atomic mass is 35.5. The molecule has 0 radical (unpaired) electrons. The molecule has 0 N–H and O–H groups in total. The van der Waals surface area contributed by atoms with Crippen LogP contribution < -0.4 is 0 Å². The van der Waals surface area contributed by atoms with Gasteiger partial charge in [-0.15, -0.1) is 0 Å². The van der Waals surface area contributed by atoms with Gasteiger partial charge in [0.15, 0.2) is 0 Å². The van der Waals surface area contributed by atoms with Crippen molar-refractivity contribution < 1.29 is 23.7 Å². The average Bonchev–Trinajstić information content (AvgIpc) is 3.24. The topological polar surface area (TPSA) is 71.9 Å². The Labute approximate surface area is 329 Å². The lowest BCUT2D eigenvalue weighted by molar-refractivity contribution is -0.275. The molecule has 282 valence electrons. The standard InChI is InChI=1S/C47H47ClN2O5/c1-2-40-24-25-41(50-49-40)28-39-27-38(23-26-42(39)48)44-46(53-31-36-19-11-5-12-20-36)47(54-32-37-21-13-6-14-22-37)45(52-30-35-17-9-4-10-18-35)43(55-44)33-51-29-34-15-7-3-8-16-34/h3-27,43-47H,2,28-33H2,1H3/t43-,44+,45-,46+,47+/m1/s1. The minimum absolute atomic E-state index is 0.279. The van der Waals surface area contributed by atoms with E-state index in [1.54, 1.807) is 0 Å². The first-order valence-corrected chi connectivity index (χ1v) is 19.3. The zero-order valence-electron chi connectivity index (χ0n) is 31.1. The molecule has 1 aliphatic heterocycles. The van der Waals surface area contributed by atoms with Gasteiger partial charge in [-0.3, -0.25) is 0 Å². The van der Waals surface area contributed by atoms with Gasteiger partial charge in [-0.05, 0) is 58.0 Å². The second-order valence-electron chi connectivity index (χ2n) is 13.8. The van der Waals surface area contributed by atoms with Crippen LogP contribution in [-0.4, -0.2) is 41.2 Å². The summed E-state index contributed by atoms with van der Waals surface area (Å²) in [5.74, 6) is 0. The first-order valence-electron chi connectivity index (χ1n) is 19.0. The van der Waals surface area contributed by atoms with Gasteiger partial charge >= 0.3 is 0 Å². The quantitative estimate of drug-likeness (QED) is 0.0919. The summed E-state index contributed by atoms with van der Waals surface area (Å²) in [5, 5.41) is 9.51. The van der Waals surface area contributed by atoms with Crippen molar-refractivity contribution in [3.05, 3.63) is 201 Å². The summed E-state index contributed by atoms with van der Waals surface area (Å²) in [5.41, 5.74) is 7.85. The van der Waals surface area contributed by atoms with Crippen LogP contribution in [0.3, 0.4) is 0 Å². The number of nitrogens with zero attached hydrogens (tertiary/aromatic N) is 2. The Morgan fingerprint density at radius 1 is 0.545 bits per heavy atom. The normalized spacial score (nSPS) is 19.6. The van der Waals surface area contributed by atoms with E-state index in [0.29, 0.717) is 37.9 Å². The molecule has 55 heavy (non-hydrogen) atoms. The van der Waals surface area contributed by atoms with Gasteiger partial charge in [0.2, 0.25) is 0 Å². The third kappa shape index (κ3) is 10.7. The Morgan fingerprint density at radius 2 is 1.04 bits per heavy atom. The zero-order valence-corrected chi connectivity index (χ0v) is 31.8. The van der Waals surface area contributed by atoms with E-state index in [9.17, 15) is 0 Å². The van der Waals surface area contributed by atoms with Crippen LogP contribution in [-0.2, 0) is 63.0 Å². The van der Waals surface area contributed by atoms with Crippen LogP contribution in [0.25, 0.3) is 0 Å². The SMILES string of the molecule is CCc1ccc(Cc2cc([C@@H]3O[C@H](COCc4ccccc4)[C@@H](OCc4ccccc4)[C@H](OCc4ccccc4)[C@H]3OCc3ccccc3)ccc2Cl)nn1. The molecule has 5 atom stereocenters. The van der Waals surface area contributed by atoms with Gasteiger partial charge in [0, 0.05) is 11.4 Å². The van der Waals surface area contributed by atoms with E-state index in [4.69, 9.17) is 35.3 Å². The summed E-state index contributed by atoms with van der Waals surface area (Å²) in [6.45, 7) is 3.87. The number of hydrogen-bond acceptors (Lipinski definition) is 7. The Bertz CT molecular complexity index is 2020. The second kappa shape index (κ2) is 19.7. The molecule has 0 spiro atoms.